The molecule has 13 heavy (non-hydrogen) atoms. The fraction of sp³-hybridized carbons (Fsp3) is 0.700. The summed E-state index contributed by atoms with van der Waals surface area (Å²) in [4.78, 5) is 11.6. The van der Waals surface area contributed by atoms with E-state index in [9.17, 15) is 4.79 Å². The van der Waals surface area contributed by atoms with E-state index in [1.807, 2.05) is 6.92 Å². The summed E-state index contributed by atoms with van der Waals surface area (Å²) in [5.41, 5.74) is 0. The first kappa shape index (κ1) is 10.1. The number of carbonyl (C=O) groups excluding carboxylic acids is 1. The topological polar surface area (TPSA) is 41.1 Å². The van der Waals surface area contributed by atoms with Gasteiger partial charge in [-0.1, -0.05) is 12.8 Å². The molecule has 1 unspecified atom stereocenters. The molecular weight excluding hydrogens is 164 g/mol. The molecule has 1 aliphatic rings. The molecule has 1 fully saturated rings. The van der Waals surface area contributed by atoms with Crippen LogP contribution in [0.3, 0.4) is 0 Å². The molecule has 0 radical (unpaired) electrons. The van der Waals surface area contributed by atoms with Crippen LogP contribution in [0.15, 0.2) is 0 Å². The third kappa shape index (κ3) is 2.46. The average Bonchev–Trinajstić information content (AvgIpc) is 2.51. The number of hydrogen-bond acceptors (Lipinski definition) is 2. The maximum absolute atomic E-state index is 11.6. The van der Waals surface area contributed by atoms with E-state index in [1.165, 1.54) is 0 Å². The van der Waals surface area contributed by atoms with Crippen LogP contribution in [0.1, 0.15) is 13.8 Å². The second kappa shape index (κ2) is 4.29. The Morgan fingerprint density at radius 2 is 2.38 bits per heavy atom. The first-order valence-electron chi connectivity index (χ1n) is 4.62. The predicted octanol–water partition coefficient (Wildman–Crippen LogP) is -0.0202. The quantitative estimate of drug-likeness (QED) is 0.586. The fourth-order valence-corrected chi connectivity index (χ4v) is 1.52. The van der Waals surface area contributed by atoms with Gasteiger partial charge in [-0.15, -0.1) is 6.42 Å². The van der Waals surface area contributed by atoms with Gasteiger partial charge in [0.05, 0.1) is 12.0 Å². The molecule has 3 nitrogen and oxygen atoms in total. The van der Waals surface area contributed by atoms with Crippen LogP contribution in [-0.4, -0.2) is 25.0 Å². The minimum atomic E-state index is -0.166. The Balaban J connectivity index is 2.44. The molecule has 3 atom stereocenters. The highest BCUT2D eigenvalue weighted by molar-refractivity contribution is 5.80. The zero-order valence-electron chi connectivity index (χ0n) is 8.13. The van der Waals surface area contributed by atoms with E-state index in [0.717, 1.165) is 13.1 Å². The van der Waals surface area contributed by atoms with Gasteiger partial charge < -0.3 is 10.6 Å². The molecule has 0 bridgehead atoms. The Bertz CT molecular complexity index is 232. The number of hydrogen-bond donors (Lipinski definition) is 2. The highest BCUT2D eigenvalue weighted by Crippen LogP contribution is 2.15. The molecule has 0 saturated carbocycles. The van der Waals surface area contributed by atoms with Crippen molar-refractivity contribution in [1.29, 1.82) is 0 Å². The first-order valence-corrected chi connectivity index (χ1v) is 4.62. The minimum absolute atomic E-state index is 0.0722. The van der Waals surface area contributed by atoms with Crippen molar-refractivity contribution in [2.24, 2.45) is 11.8 Å². The SMILES string of the molecule is C#CC(C)NC(=O)[C@@H]1CNC[C@H]1C. The fourth-order valence-electron chi connectivity index (χ4n) is 1.52. The first-order chi connectivity index (χ1) is 6.15. The van der Waals surface area contributed by atoms with Crippen LogP contribution in [0.2, 0.25) is 0 Å². The Hall–Kier alpha value is -1.01. The maximum Gasteiger partial charge on any atom is 0.225 e. The highest BCUT2D eigenvalue weighted by Gasteiger charge is 2.29. The molecule has 1 amide bonds. The van der Waals surface area contributed by atoms with Crippen molar-refractivity contribution in [3.63, 3.8) is 0 Å². The largest absolute Gasteiger partial charge is 0.342 e. The van der Waals surface area contributed by atoms with Crippen LogP contribution < -0.4 is 10.6 Å². The lowest BCUT2D eigenvalue weighted by Gasteiger charge is -2.15. The van der Waals surface area contributed by atoms with Gasteiger partial charge in [-0.05, 0) is 19.4 Å². The lowest BCUT2D eigenvalue weighted by molar-refractivity contribution is -0.125. The summed E-state index contributed by atoms with van der Waals surface area (Å²) in [5.74, 6) is 3.04. The van der Waals surface area contributed by atoms with Crippen LogP contribution in [0, 0.1) is 24.2 Å². The van der Waals surface area contributed by atoms with E-state index in [4.69, 9.17) is 6.42 Å². The van der Waals surface area contributed by atoms with Gasteiger partial charge in [0, 0.05) is 6.54 Å². The zero-order chi connectivity index (χ0) is 9.84. The van der Waals surface area contributed by atoms with E-state index < -0.39 is 0 Å². The Kier molecular flexibility index (Phi) is 3.32. The molecule has 1 aliphatic heterocycles. The molecule has 1 rings (SSSR count). The van der Waals surface area contributed by atoms with Gasteiger partial charge in [0.1, 0.15) is 0 Å². The Morgan fingerprint density at radius 3 is 2.85 bits per heavy atom. The van der Waals surface area contributed by atoms with E-state index in [-0.39, 0.29) is 17.9 Å². The van der Waals surface area contributed by atoms with E-state index >= 15 is 0 Å². The summed E-state index contributed by atoms with van der Waals surface area (Å²) in [6.07, 6.45) is 5.17. The normalized spacial score (nSPS) is 29.3. The second-order valence-corrected chi connectivity index (χ2v) is 3.64. The van der Waals surface area contributed by atoms with Gasteiger partial charge in [-0.2, -0.15) is 0 Å². The van der Waals surface area contributed by atoms with Gasteiger partial charge in [-0.3, -0.25) is 4.79 Å². The summed E-state index contributed by atoms with van der Waals surface area (Å²) in [5, 5.41) is 5.97. The zero-order valence-corrected chi connectivity index (χ0v) is 8.13. The second-order valence-electron chi connectivity index (χ2n) is 3.64. The standard InChI is InChI=1S/C10H16N2O/c1-4-8(3)12-10(13)9-6-11-5-7(9)2/h1,7-9,11H,5-6H2,2-3H3,(H,12,13)/t7-,8?,9-/m1/s1. The van der Waals surface area contributed by atoms with Gasteiger partial charge >= 0.3 is 0 Å². The van der Waals surface area contributed by atoms with Crippen molar-refractivity contribution >= 4 is 5.91 Å². The summed E-state index contributed by atoms with van der Waals surface area (Å²) in [6, 6.07) is -0.166. The van der Waals surface area contributed by atoms with Gasteiger partial charge in [-0.25, -0.2) is 0 Å². The summed E-state index contributed by atoms with van der Waals surface area (Å²) in [6.45, 7) is 5.57. The number of rotatable bonds is 2. The van der Waals surface area contributed by atoms with Crippen LogP contribution >= 0.6 is 0 Å². The molecule has 1 heterocycles. The third-order valence-electron chi connectivity index (χ3n) is 2.46. The van der Waals surface area contributed by atoms with Crippen molar-refractivity contribution in [3.05, 3.63) is 0 Å². The molecule has 2 N–H and O–H groups in total. The Labute approximate surface area is 79.3 Å². The van der Waals surface area contributed by atoms with E-state index in [0.29, 0.717) is 5.92 Å². The summed E-state index contributed by atoms with van der Waals surface area (Å²) in [7, 11) is 0. The number of carbonyl (C=O) groups is 1. The van der Waals surface area contributed by atoms with Crippen molar-refractivity contribution < 1.29 is 4.79 Å². The minimum Gasteiger partial charge on any atom is -0.342 e. The molecule has 72 valence electrons. The van der Waals surface area contributed by atoms with Crippen molar-refractivity contribution in [3.8, 4) is 12.3 Å². The molecule has 0 aliphatic carbocycles. The van der Waals surface area contributed by atoms with Gasteiger partial charge in [0.15, 0.2) is 0 Å². The molecule has 0 aromatic heterocycles. The van der Waals surface area contributed by atoms with Gasteiger partial charge in [0.2, 0.25) is 5.91 Å². The molecular formula is C10H16N2O. The third-order valence-corrected chi connectivity index (χ3v) is 2.46. The molecule has 1 saturated heterocycles. The maximum atomic E-state index is 11.6. The van der Waals surface area contributed by atoms with E-state index in [1.54, 1.807) is 0 Å². The van der Waals surface area contributed by atoms with Crippen molar-refractivity contribution in [2.75, 3.05) is 13.1 Å². The highest BCUT2D eigenvalue weighted by atomic mass is 16.2. The van der Waals surface area contributed by atoms with Crippen molar-refractivity contribution in [1.82, 2.24) is 10.6 Å². The summed E-state index contributed by atoms with van der Waals surface area (Å²) >= 11 is 0. The van der Waals surface area contributed by atoms with Crippen LogP contribution in [0.25, 0.3) is 0 Å². The van der Waals surface area contributed by atoms with Crippen LogP contribution in [0.4, 0.5) is 0 Å². The molecule has 0 aromatic carbocycles. The van der Waals surface area contributed by atoms with Crippen LogP contribution in [-0.2, 0) is 4.79 Å². The Morgan fingerprint density at radius 1 is 1.69 bits per heavy atom. The molecule has 0 aromatic rings. The lowest BCUT2D eigenvalue weighted by Crippen LogP contribution is -2.38. The lowest BCUT2D eigenvalue weighted by atomic mass is 9.97. The molecule has 0 spiro atoms. The van der Waals surface area contributed by atoms with Gasteiger partial charge in [0.25, 0.3) is 0 Å². The average molecular weight is 180 g/mol. The predicted molar refractivity (Wildman–Crippen MR) is 52.0 cm³/mol. The summed E-state index contributed by atoms with van der Waals surface area (Å²) < 4.78 is 0. The monoisotopic (exact) mass is 180 g/mol. The number of terminal acetylenes is 1. The number of amides is 1. The molecule has 3 heteroatoms. The van der Waals surface area contributed by atoms with Crippen LogP contribution in [0.5, 0.6) is 0 Å². The van der Waals surface area contributed by atoms with Crippen molar-refractivity contribution in [2.45, 2.75) is 19.9 Å². The smallest absolute Gasteiger partial charge is 0.225 e. The number of nitrogens with one attached hydrogen (secondary N) is 2. The van der Waals surface area contributed by atoms with E-state index in [2.05, 4.69) is 23.5 Å².